The molecule has 0 saturated carbocycles. The SMILES string of the molecule is CC(C)(C)c1[nH]ncc1CNc1ccc(N2CCS(=O)(=O)CC2)cc1. The highest BCUT2D eigenvalue weighted by Crippen LogP contribution is 2.25. The Morgan fingerprint density at radius 3 is 2.40 bits per heavy atom. The molecule has 2 N–H and O–H groups in total. The standard InChI is InChI=1S/C18H26N4O2S/c1-18(2,3)17-14(13-20-21-17)12-19-15-4-6-16(7-5-15)22-8-10-25(23,24)11-9-22/h4-7,13,19H,8-12H2,1-3H3,(H,20,21). The molecule has 6 nitrogen and oxygen atoms in total. The number of rotatable bonds is 4. The molecule has 1 aromatic heterocycles. The van der Waals surface area contributed by atoms with Crippen LogP contribution in [0.4, 0.5) is 11.4 Å². The van der Waals surface area contributed by atoms with Gasteiger partial charge in [0.05, 0.1) is 17.7 Å². The van der Waals surface area contributed by atoms with Crippen LogP contribution in [-0.4, -0.2) is 43.2 Å². The Kier molecular flexibility index (Phi) is 4.77. The second-order valence-corrected chi connectivity index (χ2v) is 9.86. The monoisotopic (exact) mass is 362 g/mol. The second-order valence-electron chi connectivity index (χ2n) is 7.56. The highest BCUT2D eigenvalue weighted by molar-refractivity contribution is 7.91. The van der Waals surface area contributed by atoms with Crippen molar-refractivity contribution in [2.24, 2.45) is 0 Å². The lowest BCUT2D eigenvalue weighted by Gasteiger charge is -2.28. The number of nitrogens with zero attached hydrogens (tertiary/aromatic N) is 2. The van der Waals surface area contributed by atoms with Gasteiger partial charge in [0.1, 0.15) is 0 Å². The smallest absolute Gasteiger partial charge is 0.153 e. The second kappa shape index (κ2) is 6.71. The molecule has 25 heavy (non-hydrogen) atoms. The minimum absolute atomic E-state index is 0.0337. The molecular formula is C18H26N4O2S. The summed E-state index contributed by atoms with van der Waals surface area (Å²) in [6, 6.07) is 8.16. The number of nitrogens with one attached hydrogen (secondary N) is 2. The highest BCUT2D eigenvalue weighted by atomic mass is 32.2. The predicted octanol–water partition coefficient (Wildman–Crippen LogP) is 2.55. The molecule has 1 aliphatic rings. The van der Waals surface area contributed by atoms with E-state index in [0.29, 0.717) is 19.6 Å². The number of sulfone groups is 1. The first-order valence-corrected chi connectivity index (χ1v) is 10.4. The molecule has 0 aliphatic carbocycles. The van der Waals surface area contributed by atoms with Crippen LogP contribution >= 0.6 is 0 Å². The van der Waals surface area contributed by atoms with E-state index in [0.717, 1.165) is 22.6 Å². The fourth-order valence-electron chi connectivity index (χ4n) is 3.05. The Labute approximate surface area is 149 Å². The topological polar surface area (TPSA) is 78.1 Å². The molecule has 0 bridgehead atoms. The van der Waals surface area contributed by atoms with Gasteiger partial charge in [0.15, 0.2) is 9.84 Å². The van der Waals surface area contributed by atoms with Gasteiger partial charge in [0, 0.05) is 47.7 Å². The van der Waals surface area contributed by atoms with Crippen molar-refractivity contribution < 1.29 is 8.42 Å². The Balaban J connectivity index is 1.61. The number of aromatic nitrogens is 2. The van der Waals surface area contributed by atoms with E-state index < -0.39 is 9.84 Å². The van der Waals surface area contributed by atoms with Gasteiger partial charge in [-0.2, -0.15) is 5.10 Å². The van der Waals surface area contributed by atoms with E-state index in [9.17, 15) is 8.42 Å². The summed E-state index contributed by atoms with van der Waals surface area (Å²) >= 11 is 0. The third kappa shape index (κ3) is 4.34. The lowest BCUT2D eigenvalue weighted by Crippen LogP contribution is -2.40. The van der Waals surface area contributed by atoms with Crippen molar-refractivity contribution in [1.29, 1.82) is 0 Å². The fraction of sp³-hybridized carbons (Fsp3) is 0.500. The minimum Gasteiger partial charge on any atom is -0.381 e. The third-order valence-corrected chi connectivity index (χ3v) is 6.14. The van der Waals surface area contributed by atoms with E-state index in [1.807, 2.05) is 30.5 Å². The molecular weight excluding hydrogens is 336 g/mol. The summed E-state index contributed by atoms with van der Waals surface area (Å²) in [5, 5.41) is 10.7. The van der Waals surface area contributed by atoms with Crippen LogP contribution in [0.3, 0.4) is 0 Å². The molecule has 1 aliphatic heterocycles. The van der Waals surface area contributed by atoms with E-state index in [2.05, 4.69) is 41.2 Å². The lowest BCUT2D eigenvalue weighted by atomic mass is 9.89. The molecule has 1 aromatic carbocycles. The molecule has 0 spiro atoms. The number of hydrogen-bond acceptors (Lipinski definition) is 5. The molecule has 2 heterocycles. The molecule has 2 aromatic rings. The van der Waals surface area contributed by atoms with E-state index >= 15 is 0 Å². The highest BCUT2D eigenvalue weighted by Gasteiger charge is 2.22. The van der Waals surface area contributed by atoms with E-state index in [1.165, 1.54) is 0 Å². The summed E-state index contributed by atoms with van der Waals surface area (Å²) in [5.41, 5.74) is 4.45. The van der Waals surface area contributed by atoms with Crippen LogP contribution in [0.5, 0.6) is 0 Å². The Bertz CT molecular complexity index is 806. The van der Waals surface area contributed by atoms with Crippen LogP contribution in [-0.2, 0) is 21.8 Å². The number of hydrogen-bond donors (Lipinski definition) is 2. The minimum atomic E-state index is -2.84. The number of benzene rings is 1. The maximum Gasteiger partial charge on any atom is 0.153 e. The lowest BCUT2D eigenvalue weighted by molar-refractivity contribution is 0.561. The summed E-state index contributed by atoms with van der Waals surface area (Å²) in [7, 11) is -2.84. The van der Waals surface area contributed by atoms with Crippen molar-refractivity contribution >= 4 is 21.2 Å². The molecule has 136 valence electrons. The maximum absolute atomic E-state index is 11.5. The largest absolute Gasteiger partial charge is 0.381 e. The molecule has 3 rings (SSSR count). The van der Waals surface area contributed by atoms with E-state index in [4.69, 9.17) is 0 Å². The van der Waals surface area contributed by atoms with Crippen molar-refractivity contribution in [2.75, 3.05) is 34.8 Å². The summed E-state index contributed by atoms with van der Waals surface area (Å²) in [6.45, 7) is 8.34. The van der Waals surface area contributed by atoms with Gasteiger partial charge in [0.25, 0.3) is 0 Å². The average molecular weight is 362 g/mol. The Morgan fingerprint density at radius 1 is 1.16 bits per heavy atom. The van der Waals surface area contributed by atoms with Crippen LogP contribution in [0.2, 0.25) is 0 Å². The summed E-state index contributed by atoms with van der Waals surface area (Å²) < 4.78 is 23.1. The molecule has 0 atom stereocenters. The van der Waals surface area contributed by atoms with Crippen molar-refractivity contribution in [3.63, 3.8) is 0 Å². The quantitative estimate of drug-likeness (QED) is 0.874. The van der Waals surface area contributed by atoms with Gasteiger partial charge in [0.2, 0.25) is 0 Å². The molecule has 0 amide bonds. The number of H-pyrrole nitrogens is 1. The van der Waals surface area contributed by atoms with Crippen molar-refractivity contribution in [3.05, 3.63) is 41.7 Å². The van der Waals surface area contributed by atoms with E-state index in [1.54, 1.807) is 0 Å². The van der Waals surface area contributed by atoms with Crippen LogP contribution < -0.4 is 10.2 Å². The fourth-order valence-corrected chi connectivity index (χ4v) is 4.25. The summed E-state index contributed by atoms with van der Waals surface area (Å²) in [5.74, 6) is 0.478. The summed E-state index contributed by atoms with van der Waals surface area (Å²) in [4.78, 5) is 2.12. The normalized spacial score (nSPS) is 17.5. The number of anilines is 2. The maximum atomic E-state index is 11.5. The van der Waals surface area contributed by atoms with Crippen LogP contribution in [0.1, 0.15) is 32.0 Å². The summed E-state index contributed by atoms with van der Waals surface area (Å²) in [6.07, 6.45) is 1.87. The molecule has 0 unspecified atom stereocenters. The third-order valence-electron chi connectivity index (χ3n) is 4.53. The average Bonchev–Trinajstić information content (AvgIpc) is 3.02. The zero-order valence-electron chi connectivity index (χ0n) is 15.0. The molecule has 1 fully saturated rings. The molecule has 7 heteroatoms. The van der Waals surface area contributed by atoms with Crippen molar-refractivity contribution in [2.45, 2.75) is 32.7 Å². The van der Waals surface area contributed by atoms with E-state index in [-0.39, 0.29) is 16.9 Å². The van der Waals surface area contributed by atoms with Crippen molar-refractivity contribution in [1.82, 2.24) is 10.2 Å². The molecule has 1 saturated heterocycles. The zero-order valence-corrected chi connectivity index (χ0v) is 15.9. The van der Waals surface area contributed by atoms with Crippen LogP contribution in [0, 0.1) is 0 Å². The van der Waals surface area contributed by atoms with Gasteiger partial charge in [-0.25, -0.2) is 8.42 Å². The van der Waals surface area contributed by atoms with Gasteiger partial charge in [-0.05, 0) is 24.3 Å². The Morgan fingerprint density at radius 2 is 1.80 bits per heavy atom. The van der Waals surface area contributed by atoms with Gasteiger partial charge < -0.3 is 10.2 Å². The van der Waals surface area contributed by atoms with Crippen LogP contribution in [0.15, 0.2) is 30.5 Å². The Hall–Kier alpha value is -2.02. The van der Waals surface area contributed by atoms with Gasteiger partial charge in [-0.1, -0.05) is 20.8 Å². The number of aromatic amines is 1. The van der Waals surface area contributed by atoms with Gasteiger partial charge >= 0.3 is 0 Å². The van der Waals surface area contributed by atoms with Gasteiger partial charge in [-0.3, -0.25) is 5.10 Å². The van der Waals surface area contributed by atoms with Gasteiger partial charge in [-0.15, -0.1) is 0 Å². The zero-order chi connectivity index (χ0) is 18.1. The first-order chi connectivity index (χ1) is 11.7. The first-order valence-electron chi connectivity index (χ1n) is 8.57. The first kappa shape index (κ1) is 17.8. The predicted molar refractivity (Wildman–Crippen MR) is 102 cm³/mol. The molecule has 0 radical (unpaired) electrons. The van der Waals surface area contributed by atoms with Crippen molar-refractivity contribution in [3.8, 4) is 0 Å². The van der Waals surface area contributed by atoms with Crippen LogP contribution in [0.25, 0.3) is 0 Å².